The van der Waals surface area contributed by atoms with Gasteiger partial charge >= 0.3 is 6.18 Å². The second-order valence-corrected chi connectivity index (χ2v) is 6.70. The number of ether oxygens (including phenoxy) is 1. The maximum absolute atomic E-state index is 12.8. The lowest BCUT2D eigenvalue weighted by Crippen LogP contribution is -2.51. The number of halogens is 3. The summed E-state index contributed by atoms with van der Waals surface area (Å²) >= 11 is 0. The van der Waals surface area contributed by atoms with Crippen molar-refractivity contribution in [1.82, 2.24) is 4.98 Å². The van der Waals surface area contributed by atoms with Gasteiger partial charge < -0.3 is 14.7 Å². The molecule has 3 rings (SSSR count). The van der Waals surface area contributed by atoms with E-state index in [4.69, 9.17) is 4.74 Å². The third kappa shape index (κ3) is 3.11. The normalized spacial score (nSPS) is 28.0. The number of rotatable bonds is 1. The summed E-state index contributed by atoms with van der Waals surface area (Å²) in [6.45, 7) is 4.90. The van der Waals surface area contributed by atoms with E-state index in [0.29, 0.717) is 31.3 Å². The Bertz CT molecular complexity index is 577. The molecule has 1 aromatic heterocycles. The molecule has 1 aromatic rings. The molecule has 4 nitrogen and oxygen atoms in total. The standard InChI is InChI=1S/C16H21F3N2O2/c1-9(2)12-6-11-3-4-23-14-5-10(16(17,18)19)7-20-15(14)21(11)8-13(12)22/h5,7,9,11-13,22H,3-4,6,8H2,1-2H3. The fraction of sp³-hybridized carbons (Fsp3) is 0.688. The predicted molar refractivity (Wildman–Crippen MR) is 79.4 cm³/mol. The Morgan fingerprint density at radius 1 is 1.39 bits per heavy atom. The van der Waals surface area contributed by atoms with Gasteiger partial charge in [0.2, 0.25) is 0 Å². The molecule has 0 saturated carbocycles. The van der Waals surface area contributed by atoms with Gasteiger partial charge in [-0.05, 0) is 24.3 Å². The molecule has 23 heavy (non-hydrogen) atoms. The van der Waals surface area contributed by atoms with Gasteiger partial charge in [-0.2, -0.15) is 13.2 Å². The van der Waals surface area contributed by atoms with Gasteiger partial charge in [-0.25, -0.2) is 4.98 Å². The van der Waals surface area contributed by atoms with Crippen molar-refractivity contribution in [3.05, 3.63) is 17.8 Å². The van der Waals surface area contributed by atoms with Gasteiger partial charge in [-0.1, -0.05) is 13.8 Å². The smallest absolute Gasteiger partial charge is 0.418 e. The van der Waals surface area contributed by atoms with Crippen molar-refractivity contribution in [2.45, 2.75) is 45.0 Å². The van der Waals surface area contributed by atoms with Crippen molar-refractivity contribution in [2.24, 2.45) is 11.8 Å². The summed E-state index contributed by atoms with van der Waals surface area (Å²) in [6.07, 6.45) is -2.61. The van der Waals surface area contributed by atoms with Gasteiger partial charge in [-0.15, -0.1) is 0 Å². The first-order valence-electron chi connectivity index (χ1n) is 7.92. The number of aromatic nitrogens is 1. The molecule has 0 aliphatic carbocycles. The fourth-order valence-corrected chi connectivity index (χ4v) is 3.55. The molecule has 2 aliphatic rings. The maximum Gasteiger partial charge on any atom is 0.418 e. The Labute approximate surface area is 133 Å². The number of anilines is 1. The van der Waals surface area contributed by atoms with E-state index in [1.54, 1.807) is 0 Å². The number of hydrogen-bond acceptors (Lipinski definition) is 4. The molecule has 2 aliphatic heterocycles. The van der Waals surface area contributed by atoms with Gasteiger partial charge in [0, 0.05) is 25.2 Å². The number of alkyl halides is 3. The van der Waals surface area contributed by atoms with Crippen LogP contribution in [0, 0.1) is 11.8 Å². The zero-order valence-corrected chi connectivity index (χ0v) is 13.2. The Hall–Kier alpha value is -1.50. The molecule has 0 amide bonds. The Morgan fingerprint density at radius 3 is 2.78 bits per heavy atom. The van der Waals surface area contributed by atoms with Crippen molar-refractivity contribution >= 4 is 5.82 Å². The molecule has 128 valence electrons. The predicted octanol–water partition coefficient (Wildman–Crippen LogP) is 3.09. The van der Waals surface area contributed by atoms with E-state index in [-0.39, 0.29) is 17.7 Å². The Balaban J connectivity index is 1.92. The van der Waals surface area contributed by atoms with Crippen molar-refractivity contribution in [3.8, 4) is 5.75 Å². The number of hydrogen-bond donors (Lipinski definition) is 1. The van der Waals surface area contributed by atoms with Crippen LogP contribution in [0.3, 0.4) is 0 Å². The monoisotopic (exact) mass is 330 g/mol. The number of aliphatic hydroxyl groups is 1. The fourth-order valence-electron chi connectivity index (χ4n) is 3.55. The molecule has 0 aromatic carbocycles. The second kappa shape index (κ2) is 5.85. The summed E-state index contributed by atoms with van der Waals surface area (Å²) in [5.74, 6) is 1.10. The van der Waals surface area contributed by atoms with Crippen LogP contribution in [0.15, 0.2) is 12.3 Å². The summed E-state index contributed by atoms with van der Waals surface area (Å²) in [6, 6.07) is 1.14. The van der Waals surface area contributed by atoms with Crippen LogP contribution in [-0.2, 0) is 6.18 Å². The number of aliphatic hydroxyl groups excluding tert-OH is 1. The van der Waals surface area contributed by atoms with Crippen LogP contribution in [0.5, 0.6) is 5.75 Å². The van der Waals surface area contributed by atoms with Crippen LogP contribution in [-0.4, -0.2) is 35.4 Å². The Morgan fingerprint density at radius 2 is 2.13 bits per heavy atom. The quantitative estimate of drug-likeness (QED) is 0.859. The van der Waals surface area contributed by atoms with E-state index in [2.05, 4.69) is 18.8 Å². The van der Waals surface area contributed by atoms with E-state index >= 15 is 0 Å². The number of pyridine rings is 1. The molecule has 0 spiro atoms. The van der Waals surface area contributed by atoms with E-state index in [1.165, 1.54) is 0 Å². The summed E-state index contributed by atoms with van der Waals surface area (Å²) < 4.78 is 44.1. The lowest BCUT2D eigenvalue weighted by Gasteiger charge is -2.43. The minimum absolute atomic E-state index is 0.135. The van der Waals surface area contributed by atoms with E-state index in [9.17, 15) is 18.3 Å². The second-order valence-electron chi connectivity index (χ2n) is 6.70. The number of fused-ring (bicyclic) bond motifs is 3. The number of piperidine rings is 1. The first-order valence-corrected chi connectivity index (χ1v) is 7.92. The van der Waals surface area contributed by atoms with Crippen molar-refractivity contribution < 1.29 is 23.0 Å². The molecule has 1 saturated heterocycles. The van der Waals surface area contributed by atoms with E-state index < -0.39 is 17.8 Å². The maximum atomic E-state index is 12.8. The topological polar surface area (TPSA) is 45.6 Å². The SMILES string of the molecule is CC(C)C1CC2CCOc3cc(C(F)(F)F)cnc3N2CC1O. The molecule has 1 fully saturated rings. The molecule has 0 radical (unpaired) electrons. The summed E-state index contributed by atoms with van der Waals surface area (Å²) in [7, 11) is 0. The van der Waals surface area contributed by atoms with Gasteiger partial charge in [0.05, 0.1) is 18.3 Å². The largest absolute Gasteiger partial charge is 0.490 e. The highest BCUT2D eigenvalue weighted by molar-refractivity contribution is 5.56. The summed E-state index contributed by atoms with van der Waals surface area (Å²) in [5, 5.41) is 10.4. The van der Waals surface area contributed by atoms with Gasteiger partial charge in [0.1, 0.15) is 0 Å². The highest BCUT2D eigenvalue weighted by Gasteiger charge is 2.40. The van der Waals surface area contributed by atoms with Gasteiger partial charge in [0.25, 0.3) is 0 Å². The lowest BCUT2D eigenvalue weighted by atomic mass is 9.80. The molecule has 3 atom stereocenters. The first kappa shape index (κ1) is 16.4. The summed E-state index contributed by atoms with van der Waals surface area (Å²) in [5.41, 5.74) is -0.813. The van der Waals surface area contributed by atoms with Crippen molar-refractivity contribution in [2.75, 3.05) is 18.1 Å². The van der Waals surface area contributed by atoms with Crippen LogP contribution in [0.4, 0.5) is 19.0 Å². The van der Waals surface area contributed by atoms with E-state index in [0.717, 1.165) is 18.7 Å². The molecule has 7 heteroatoms. The van der Waals surface area contributed by atoms with Gasteiger partial charge in [0.15, 0.2) is 11.6 Å². The molecular weight excluding hydrogens is 309 g/mol. The average Bonchev–Trinajstić information content (AvgIpc) is 2.63. The van der Waals surface area contributed by atoms with Crippen LogP contribution in [0.25, 0.3) is 0 Å². The minimum atomic E-state index is -4.44. The van der Waals surface area contributed by atoms with Crippen LogP contribution >= 0.6 is 0 Å². The highest BCUT2D eigenvalue weighted by Crippen LogP contribution is 2.41. The van der Waals surface area contributed by atoms with Crippen molar-refractivity contribution in [1.29, 1.82) is 0 Å². The molecule has 3 unspecified atom stereocenters. The minimum Gasteiger partial charge on any atom is -0.490 e. The van der Waals surface area contributed by atoms with Crippen molar-refractivity contribution in [3.63, 3.8) is 0 Å². The molecule has 0 bridgehead atoms. The zero-order valence-electron chi connectivity index (χ0n) is 13.2. The third-order valence-corrected chi connectivity index (χ3v) is 4.86. The van der Waals surface area contributed by atoms with Crippen LogP contribution < -0.4 is 9.64 Å². The lowest BCUT2D eigenvalue weighted by molar-refractivity contribution is -0.137. The average molecular weight is 330 g/mol. The molecular formula is C16H21F3N2O2. The first-order chi connectivity index (χ1) is 10.8. The van der Waals surface area contributed by atoms with Crippen LogP contribution in [0.2, 0.25) is 0 Å². The third-order valence-electron chi connectivity index (χ3n) is 4.86. The Kier molecular flexibility index (Phi) is 4.16. The molecule has 1 N–H and O–H groups in total. The highest BCUT2D eigenvalue weighted by atomic mass is 19.4. The zero-order chi connectivity index (χ0) is 16.8. The van der Waals surface area contributed by atoms with Crippen LogP contribution in [0.1, 0.15) is 32.3 Å². The van der Waals surface area contributed by atoms with Gasteiger partial charge in [-0.3, -0.25) is 0 Å². The van der Waals surface area contributed by atoms with E-state index in [1.807, 2.05) is 4.90 Å². The molecule has 3 heterocycles. The number of nitrogens with zero attached hydrogens (tertiary/aromatic N) is 2. The summed E-state index contributed by atoms with van der Waals surface area (Å²) in [4.78, 5) is 5.91.